The van der Waals surface area contributed by atoms with Crippen molar-refractivity contribution < 1.29 is 18.7 Å². The number of ether oxygens (including phenoxy) is 1. The van der Waals surface area contributed by atoms with Crippen molar-refractivity contribution in [2.45, 2.75) is 38.9 Å². The normalized spacial score (nSPS) is 10.7. The largest absolute Gasteiger partial charge is 0.455 e. The number of halogens is 1. The van der Waals surface area contributed by atoms with Crippen LogP contribution in [0.15, 0.2) is 127 Å². The number of carbonyl (C=O) groups excluding carboxylic acids is 2. The van der Waals surface area contributed by atoms with Gasteiger partial charge in [0.15, 0.2) is 5.75 Å². The van der Waals surface area contributed by atoms with E-state index in [9.17, 15) is 14.0 Å². The molecule has 0 saturated carbocycles. The van der Waals surface area contributed by atoms with E-state index in [1.165, 1.54) is 6.07 Å². The number of benzene rings is 5. The predicted octanol–water partition coefficient (Wildman–Crippen LogP) is 7.76. The first-order valence-corrected chi connectivity index (χ1v) is 15.0. The molecule has 0 fully saturated rings. The van der Waals surface area contributed by atoms with Gasteiger partial charge in [0.05, 0.1) is 12.2 Å². The van der Waals surface area contributed by atoms with Crippen molar-refractivity contribution in [2.75, 3.05) is 4.90 Å². The number of para-hydroxylation sites is 2. The van der Waals surface area contributed by atoms with E-state index >= 15 is 0 Å². The topological polar surface area (TPSA) is 84.7 Å². The SMILES string of the molecule is NCc1cccc(Oc2ccccc2N(Cc2ccc(-c3ccccc3)cc2)C(=O)CCCC(=O)NCc2ccccc2F)c1. The van der Waals surface area contributed by atoms with Gasteiger partial charge in [0.25, 0.3) is 0 Å². The maximum Gasteiger partial charge on any atom is 0.227 e. The number of nitrogens with one attached hydrogen (secondary N) is 1. The predicted molar refractivity (Wildman–Crippen MR) is 176 cm³/mol. The Morgan fingerprint density at radius 1 is 0.733 bits per heavy atom. The summed E-state index contributed by atoms with van der Waals surface area (Å²) in [6.07, 6.45) is 0.628. The fourth-order valence-electron chi connectivity index (χ4n) is 5.01. The van der Waals surface area contributed by atoms with Crippen LogP contribution in [0.1, 0.15) is 36.0 Å². The van der Waals surface area contributed by atoms with Gasteiger partial charge in [-0.15, -0.1) is 0 Å². The smallest absolute Gasteiger partial charge is 0.227 e. The van der Waals surface area contributed by atoms with E-state index in [0.29, 0.717) is 42.3 Å². The fraction of sp³-hybridized carbons (Fsp3) is 0.158. The summed E-state index contributed by atoms with van der Waals surface area (Å²) < 4.78 is 20.2. The molecule has 5 aromatic carbocycles. The van der Waals surface area contributed by atoms with Crippen LogP contribution in [0.4, 0.5) is 10.1 Å². The van der Waals surface area contributed by atoms with Crippen molar-refractivity contribution in [2.24, 2.45) is 5.73 Å². The van der Waals surface area contributed by atoms with E-state index in [1.807, 2.05) is 91.0 Å². The zero-order valence-electron chi connectivity index (χ0n) is 25.0. The Labute approximate surface area is 263 Å². The van der Waals surface area contributed by atoms with Crippen LogP contribution in [0.25, 0.3) is 11.1 Å². The highest BCUT2D eigenvalue weighted by molar-refractivity contribution is 5.95. The number of amides is 2. The Hall–Kier alpha value is -5.27. The number of hydrogen-bond donors (Lipinski definition) is 2. The molecule has 0 atom stereocenters. The average molecular weight is 602 g/mol. The van der Waals surface area contributed by atoms with Gasteiger partial charge in [-0.25, -0.2) is 4.39 Å². The van der Waals surface area contributed by atoms with Crippen LogP contribution in [0.3, 0.4) is 0 Å². The minimum Gasteiger partial charge on any atom is -0.455 e. The molecule has 5 rings (SSSR count). The molecule has 7 heteroatoms. The van der Waals surface area contributed by atoms with Gasteiger partial charge >= 0.3 is 0 Å². The fourth-order valence-corrected chi connectivity index (χ4v) is 5.01. The third-order valence-corrected chi connectivity index (χ3v) is 7.45. The molecule has 0 saturated heterocycles. The van der Waals surface area contributed by atoms with E-state index in [4.69, 9.17) is 10.5 Å². The molecule has 228 valence electrons. The van der Waals surface area contributed by atoms with Crippen molar-refractivity contribution in [3.8, 4) is 22.6 Å². The first kappa shape index (κ1) is 31.2. The van der Waals surface area contributed by atoms with E-state index in [1.54, 1.807) is 23.1 Å². The first-order valence-electron chi connectivity index (χ1n) is 15.0. The molecule has 2 amide bonds. The number of anilines is 1. The second kappa shape index (κ2) is 15.5. The number of nitrogens with two attached hydrogens (primary N) is 1. The van der Waals surface area contributed by atoms with Gasteiger partial charge in [0.1, 0.15) is 11.6 Å². The summed E-state index contributed by atoms with van der Waals surface area (Å²) in [6, 6.07) is 39.6. The minimum atomic E-state index is -0.365. The lowest BCUT2D eigenvalue weighted by molar-refractivity contribution is -0.121. The second-order valence-electron chi connectivity index (χ2n) is 10.7. The van der Waals surface area contributed by atoms with Gasteiger partial charge in [-0.3, -0.25) is 9.59 Å². The maximum atomic E-state index is 13.9. The van der Waals surface area contributed by atoms with Crippen LogP contribution in [-0.4, -0.2) is 11.8 Å². The molecule has 0 radical (unpaired) electrons. The van der Waals surface area contributed by atoms with Gasteiger partial charge in [0.2, 0.25) is 11.8 Å². The van der Waals surface area contributed by atoms with Crippen molar-refractivity contribution in [1.82, 2.24) is 5.32 Å². The van der Waals surface area contributed by atoms with Crippen LogP contribution in [-0.2, 0) is 29.2 Å². The first-order chi connectivity index (χ1) is 22.0. The number of nitrogens with zero attached hydrogens (tertiary/aromatic N) is 1. The summed E-state index contributed by atoms with van der Waals surface area (Å²) in [5, 5.41) is 2.75. The number of carbonyl (C=O) groups is 2. The maximum absolute atomic E-state index is 13.9. The van der Waals surface area contributed by atoms with Gasteiger partial charge < -0.3 is 20.7 Å². The highest BCUT2D eigenvalue weighted by atomic mass is 19.1. The Kier molecular flexibility index (Phi) is 10.7. The van der Waals surface area contributed by atoms with Crippen molar-refractivity contribution in [3.05, 3.63) is 150 Å². The molecule has 3 N–H and O–H groups in total. The molecule has 45 heavy (non-hydrogen) atoms. The van der Waals surface area contributed by atoms with Crippen LogP contribution >= 0.6 is 0 Å². The summed E-state index contributed by atoms with van der Waals surface area (Å²) in [6.45, 7) is 0.799. The lowest BCUT2D eigenvalue weighted by Gasteiger charge is -2.25. The molecule has 0 aliphatic heterocycles. The van der Waals surface area contributed by atoms with Crippen LogP contribution in [0.2, 0.25) is 0 Å². The Morgan fingerprint density at radius 2 is 1.44 bits per heavy atom. The lowest BCUT2D eigenvalue weighted by atomic mass is 10.0. The van der Waals surface area contributed by atoms with E-state index in [0.717, 1.165) is 22.3 Å². The lowest BCUT2D eigenvalue weighted by Crippen LogP contribution is -2.31. The second-order valence-corrected chi connectivity index (χ2v) is 10.7. The van der Waals surface area contributed by atoms with Gasteiger partial charge in [-0.2, -0.15) is 0 Å². The Balaban J connectivity index is 1.32. The summed E-state index contributed by atoms with van der Waals surface area (Å²) in [7, 11) is 0. The Morgan fingerprint density at radius 3 is 2.22 bits per heavy atom. The Bertz CT molecular complexity index is 1720. The molecule has 0 unspecified atom stereocenters. The average Bonchev–Trinajstić information content (AvgIpc) is 3.08. The molecule has 6 nitrogen and oxygen atoms in total. The summed E-state index contributed by atoms with van der Waals surface area (Å²) >= 11 is 0. The third kappa shape index (κ3) is 8.65. The van der Waals surface area contributed by atoms with Crippen molar-refractivity contribution >= 4 is 17.5 Å². The summed E-state index contributed by atoms with van der Waals surface area (Å²) in [5.41, 5.74) is 11.0. The van der Waals surface area contributed by atoms with Crippen molar-refractivity contribution in [1.29, 1.82) is 0 Å². The highest BCUT2D eigenvalue weighted by Crippen LogP contribution is 2.34. The number of hydrogen-bond acceptors (Lipinski definition) is 4. The van der Waals surface area contributed by atoms with E-state index in [-0.39, 0.29) is 37.0 Å². The van der Waals surface area contributed by atoms with Crippen molar-refractivity contribution in [3.63, 3.8) is 0 Å². The zero-order chi connectivity index (χ0) is 31.4. The van der Waals surface area contributed by atoms with Gasteiger partial charge in [0, 0.05) is 31.5 Å². The molecule has 5 aromatic rings. The van der Waals surface area contributed by atoms with E-state index < -0.39 is 0 Å². The quantitative estimate of drug-likeness (QED) is 0.144. The summed E-state index contributed by atoms with van der Waals surface area (Å²) in [4.78, 5) is 28.0. The van der Waals surface area contributed by atoms with Crippen LogP contribution in [0, 0.1) is 5.82 Å². The summed E-state index contributed by atoms with van der Waals surface area (Å²) in [5.74, 6) is 0.407. The molecule has 0 bridgehead atoms. The van der Waals surface area contributed by atoms with Gasteiger partial charge in [-0.05, 0) is 59.0 Å². The monoisotopic (exact) mass is 601 g/mol. The molecular formula is C38H36FN3O3. The molecule has 0 aliphatic carbocycles. The van der Waals surface area contributed by atoms with Gasteiger partial charge in [-0.1, -0.05) is 97.1 Å². The molecule has 0 aromatic heterocycles. The third-order valence-electron chi connectivity index (χ3n) is 7.45. The molecule has 0 heterocycles. The highest BCUT2D eigenvalue weighted by Gasteiger charge is 2.21. The van der Waals surface area contributed by atoms with E-state index in [2.05, 4.69) is 17.4 Å². The van der Waals surface area contributed by atoms with Crippen LogP contribution in [0.5, 0.6) is 11.5 Å². The molecule has 0 spiro atoms. The molecule has 0 aliphatic rings. The number of rotatable bonds is 13. The molecular weight excluding hydrogens is 565 g/mol. The minimum absolute atomic E-state index is 0.0978. The van der Waals surface area contributed by atoms with Crippen LogP contribution < -0.4 is 20.7 Å². The zero-order valence-corrected chi connectivity index (χ0v) is 25.0. The standard InChI is InChI=1S/C38H36FN3O3/c39-34-15-5-4-13-32(34)26-41-37(43)18-9-19-38(44)42(27-28-20-22-31(23-21-28)30-11-2-1-3-12-30)35-16-6-7-17-36(35)45-33-14-8-10-29(24-33)25-40/h1-8,10-17,20-24H,9,18-19,25-27,40H2,(H,41,43).